The maximum Gasteiger partial charge on any atom is 0.261 e. The molecular formula is C20H14NO5S-. The van der Waals surface area contributed by atoms with Gasteiger partial charge in [-0.3, -0.25) is 4.72 Å². The number of carbonyl (C=O) groups excluding carboxylic acids is 1. The van der Waals surface area contributed by atoms with Gasteiger partial charge < -0.3 is 14.3 Å². The van der Waals surface area contributed by atoms with E-state index in [0.29, 0.717) is 16.4 Å². The minimum absolute atomic E-state index is 0.0871. The molecule has 7 heteroatoms. The zero-order valence-corrected chi connectivity index (χ0v) is 15.0. The van der Waals surface area contributed by atoms with Gasteiger partial charge in [0, 0.05) is 21.7 Å². The highest BCUT2D eigenvalue weighted by Crippen LogP contribution is 2.37. The Morgan fingerprint density at radius 3 is 2.26 bits per heavy atom. The van der Waals surface area contributed by atoms with Crippen LogP contribution in [0.5, 0.6) is 0 Å². The lowest BCUT2D eigenvalue weighted by Crippen LogP contribution is -2.22. The van der Waals surface area contributed by atoms with Crippen LogP contribution in [-0.4, -0.2) is 14.4 Å². The highest BCUT2D eigenvalue weighted by molar-refractivity contribution is 7.92. The number of aromatic carboxylic acids is 1. The van der Waals surface area contributed by atoms with Gasteiger partial charge in [0.25, 0.3) is 10.0 Å². The predicted octanol–water partition coefficient (Wildman–Crippen LogP) is 3.06. The number of benzene rings is 3. The lowest BCUT2D eigenvalue weighted by molar-refractivity contribution is -0.254. The van der Waals surface area contributed by atoms with Crippen LogP contribution in [0, 0.1) is 6.92 Å². The Balaban J connectivity index is 1.99. The SMILES string of the molecule is Cc1oc2c(cc(NS(=O)(=O)c3ccccc3)c3ccccc32)c1C(=O)[O-]. The number of carboxylic acid groups (broad SMARTS) is 1. The molecule has 0 spiro atoms. The zero-order chi connectivity index (χ0) is 19.2. The Morgan fingerprint density at radius 2 is 1.59 bits per heavy atom. The quantitative estimate of drug-likeness (QED) is 0.587. The second kappa shape index (κ2) is 6.14. The largest absolute Gasteiger partial charge is 0.545 e. The van der Waals surface area contributed by atoms with Gasteiger partial charge in [-0.2, -0.15) is 0 Å². The summed E-state index contributed by atoms with van der Waals surface area (Å²) in [5.74, 6) is -1.17. The van der Waals surface area contributed by atoms with Gasteiger partial charge in [0.15, 0.2) is 0 Å². The molecule has 1 heterocycles. The average molecular weight is 380 g/mol. The van der Waals surface area contributed by atoms with E-state index in [1.807, 2.05) is 0 Å². The van der Waals surface area contributed by atoms with E-state index in [0.717, 1.165) is 0 Å². The number of carboxylic acids is 1. The third kappa shape index (κ3) is 2.82. The third-order valence-electron chi connectivity index (χ3n) is 4.37. The summed E-state index contributed by atoms with van der Waals surface area (Å²) >= 11 is 0. The fourth-order valence-corrected chi connectivity index (χ4v) is 4.27. The normalized spacial score (nSPS) is 11.7. The molecule has 4 aromatic rings. The number of sulfonamides is 1. The molecule has 0 saturated carbocycles. The van der Waals surface area contributed by atoms with Crippen molar-refractivity contribution in [3.63, 3.8) is 0 Å². The molecular weight excluding hydrogens is 366 g/mol. The summed E-state index contributed by atoms with van der Waals surface area (Å²) in [6, 6.07) is 16.5. The molecule has 0 radical (unpaired) electrons. The average Bonchev–Trinajstić information content (AvgIpc) is 2.98. The number of rotatable bonds is 4. The molecule has 0 bridgehead atoms. The Hall–Kier alpha value is -3.32. The van der Waals surface area contributed by atoms with E-state index in [4.69, 9.17) is 4.42 Å². The Morgan fingerprint density at radius 1 is 0.963 bits per heavy atom. The van der Waals surface area contributed by atoms with Crippen molar-refractivity contribution >= 4 is 43.4 Å². The van der Waals surface area contributed by atoms with E-state index in [1.54, 1.807) is 42.5 Å². The molecule has 136 valence electrons. The first kappa shape index (κ1) is 17.1. The lowest BCUT2D eigenvalue weighted by Gasteiger charge is -2.12. The van der Waals surface area contributed by atoms with E-state index in [1.165, 1.54) is 25.1 Å². The number of anilines is 1. The van der Waals surface area contributed by atoms with Gasteiger partial charge in [-0.15, -0.1) is 0 Å². The van der Waals surface area contributed by atoms with Gasteiger partial charge in [0.05, 0.1) is 16.6 Å². The van der Waals surface area contributed by atoms with Crippen LogP contribution in [-0.2, 0) is 10.0 Å². The molecule has 0 amide bonds. The molecule has 6 nitrogen and oxygen atoms in total. The second-order valence-electron chi connectivity index (χ2n) is 6.09. The van der Waals surface area contributed by atoms with Crippen LogP contribution in [0.1, 0.15) is 16.1 Å². The van der Waals surface area contributed by atoms with E-state index >= 15 is 0 Å². The summed E-state index contributed by atoms with van der Waals surface area (Å²) < 4.78 is 33.7. The van der Waals surface area contributed by atoms with Gasteiger partial charge in [0.2, 0.25) is 0 Å². The predicted molar refractivity (Wildman–Crippen MR) is 100 cm³/mol. The van der Waals surface area contributed by atoms with E-state index in [9.17, 15) is 18.3 Å². The number of fused-ring (bicyclic) bond motifs is 3. The van der Waals surface area contributed by atoms with E-state index < -0.39 is 16.0 Å². The number of nitrogens with one attached hydrogen (secondary N) is 1. The second-order valence-corrected chi connectivity index (χ2v) is 7.77. The van der Waals surface area contributed by atoms with Crippen molar-refractivity contribution in [2.24, 2.45) is 0 Å². The first-order valence-corrected chi connectivity index (χ1v) is 9.61. The number of hydrogen-bond donors (Lipinski definition) is 1. The minimum Gasteiger partial charge on any atom is -0.545 e. The highest BCUT2D eigenvalue weighted by Gasteiger charge is 2.20. The first-order chi connectivity index (χ1) is 12.9. The molecule has 0 aliphatic rings. The molecule has 0 saturated heterocycles. The van der Waals surface area contributed by atoms with Gasteiger partial charge in [-0.25, -0.2) is 8.42 Å². The number of furan rings is 1. The fourth-order valence-electron chi connectivity index (χ4n) is 3.18. The van der Waals surface area contributed by atoms with Crippen LogP contribution >= 0.6 is 0 Å². The van der Waals surface area contributed by atoms with Crippen LogP contribution < -0.4 is 9.83 Å². The molecule has 1 N–H and O–H groups in total. The van der Waals surface area contributed by atoms with Crippen LogP contribution in [0.2, 0.25) is 0 Å². The zero-order valence-electron chi connectivity index (χ0n) is 14.2. The van der Waals surface area contributed by atoms with Gasteiger partial charge >= 0.3 is 0 Å². The van der Waals surface area contributed by atoms with Crippen LogP contribution in [0.4, 0.5) is 5.69 Å². The Kier molecular flexibility index (Phi) is 3.89. The van der Waals surface area contributed by atoms with Crippen LogP contribution in [0.3, 0.4) is 0 Å². The summed E-state index contributed by atoms with van der Waals surface area (Å²) in [4.78, 5) is 11.7. The number of aryl methyl sites for hydroxylation is 1. The summed E-state index contributed by atoms with van der Waals surface area (Å²) in [5.41, 5.74) is 0.561. The summed E-state index contributed by atoms with van der Waals surface area (Å²) in [5, 5.41) is 13.0. The third-order valence-corrected chi connectivity index (χ3v) is 5.76. The molecule has 0 aliphatic carbocycles. The Bertz CT molecular complexity index is 1290. The number of carbonyl (C=O) groups is 1. The first-order valence-electron chi connectivity index (χ1n) is 8.12. The number of hydrogen-bond acceptors (Lipinski definition) is 5. The standard InChI is InChI=1S/C20H15NO5S/c1-12-18(20(22)23)16-11-17(14-9-5-6-10-15(14)19(16)26-12)21-27(24,25)13-7-3-2-4-8-13/h2-11,21H,1H3,(H,22,23)/p-1. The fraction of sp³-hybridized carbons (Fsp3) is 0.0500. The molecule has 1 aromatic heterocycles. The van der Waals surface area contributed by atoms with Crippen molar-refractivity contribution in [2.45, 2.75) is 11.8 Å². The summed E-state index contributed by atoms with van der Waals surface area (Å²) in [6.45, 7) is 1.54. The van der Waals surface area contributed by atoms with Crippen molar-refractivity contribution < 1.29 is 22.7 Å². The summed E-state index contributed by atoms with van der Waals surface area (Å²) in [7, 11) is -3.84. The van der Waals surface area contributed by atoms with Crippen LogP contribution in [0.15, 0.2) is 70.0 Å². The lowest BCUT2D eigenvalue weighted by atomic mass is 10.0. The van der Waals surface area contributed by atoms with E-state index in [-0.39, 0.29) is 27.3 Å². The molecule has 4 rings (SSSR count). The van der Waals surface area contributed by atoms with Crippen molar-refractivity contribution in [1.29, 1.82) is 0 Å². The van der Waals surface area contributed by atoms with E-state index in [2.05, 4.69) is 4.72 Å². The molecule has 3 aromatic carbocycles. The highest BCUT2D eigenvalue weighted by atomic mass is 32.2. The van der Waals surface area contributed by atoms with Crippen LogP contribution in [0.25, 0.3) is 21.7 Å². The van der Waals surface area contributed by atoms with Gasteiger partial charge in [-0.1, -0.05) is 42.5 Å². The van der Waals surface area contributed by atoms with Crippen molar-refractivity contribution in [3.05, 3.63) is 72.0 Å². The van der Waals surface area contributed by atoms with Gasteiger partial charge in [-0.05, 0) is 25.1 Å². The van der Waals surface area contributed by atoms with Gasteiger partial charge in [0.1, 0.15) is 11.3 Å². The maximum absolute atomic E-state index is 12.7. The molecule has 0 atom stereocenters. The maximum atomic E-state index is 12.7. The topological polar surface area (TPSA) is 99.4 Å². The molecule has 0 unspecified atom stereocenters. The molecule has 27 heavy (non-hydrogen) atoms. The van der Waals surface area contributed by atoms with Crippen molar-refractivity contribution in [1.82, 2.24) is 0 Å². The van der Waals surface area contributed by atoms with Crippen molar-refractivity contribution in [3.8, 4) is 0 Å². The Labute approximate surface area is 155 Å². The van der Waals surface area contributed by atoms with Crippen molar-refractivity contribution in [2.75, 3.05) is 4.72 Å². The monoisotopic (exact) mass is 380 g/mol. The summed E-state index contributed by atoms with van der Waals surface area (Å²) in [6.07, 6.45) is 0. The molecule has 0 aliphatic heterocycles. The smallest absolute Gasteiger partial charge is 0.261 e. The minimum atomic E-state index is -3.84. The molecule has 0 fully saturated rings.